The van der Waals surface area contributed by atoms with Crippen LogP contribution in [0.5, 0.6) is 0 Å². The first-order valence-electron chi connectivity index (χ1n) is 10.5. The highest BCUT2D eigenvalue weighted by atomic mass is 35.5. The molecule has 2 aromatic carbocycles. The number of rotatable bonds is 7. The molecule has 1 saturated heterocycles. The summed E-state index contributed by atoms with van der Waals surface area (Å²) in [5.74, 6) is -0.275. The Bertz CT molecular complexity index is 977. The van der Waals surface area contributed by atoms with E-state index in [1.165, 1.54) is 4.31 Å². The Morgan fingerprint density at radius 2 is 1.67 bits per heavy atom. The largest absolute Gasteiger partial charge is 0.325 e. The molecule has 162 valence electrons. The molecule has 5 nitrogen and oxygen atoms in total. The van der Waals surface area contributed by atoms with Gasteiger partial charge in [0.25, 0.3) is 0 Å². The minimum atomic E-state index is -3.44. The van der Waals surface area contributed by atoms with Gasteiger partial charge < -0.3 is 5.32 Å². The van der Waals surface area contributed by atoms with E-state index in [9.17, 15) is 13.2 Å². The van der Waals surface area contributed by atoms with Gasteiger partial charge in [0, 0.05) is 29.7 Å². The van der Waals surface area contributed by atoms with Crippen molar-refractivity contribution in [3.8, 4) is 0 Å². The van der Waals surface area contributed by atoms with E-state index in [2.05, 4.69) is 19.2 Å². The van der Waals surface area contributed by atoms with Gasteiger partial charge in [0.05, 0.1) is 5.75 Å². The lowest BCUT2D eigenvalue weighted by molar-refractivity contribution is -0.120. The molecule has 0 saturated carbocycles. The van der Waals surface area contributed by atoms with Crippen LogP contribution in [0, 0.1) is 5.92 Å². The molecule has 0 aromatic heterocycles. The third-order valence-corrected chi connectivity index (χ3v) is 7.79. The van der Waals surface area contributed by atoms with E-state index in [0.29, 0.717) is 36.5 Å². The number of benzene rings is 2. The molecular formula is C23H29ClN2O3S. The van der Waals surface area contributed by atoms with Gasteiger partial charge in [-0.25, -0.2) is 12.7 Å². The molecule has 1 N–H and O–H groups in total. The Hall–Kier alpha value is -1.89. The van der Waals surface area contributed by atoms with E-state index in [4.69, 9.17) is 11.6 Å². The Labute approximate surface area is 184 Å². The van der Waals surface area contributed by atoms with Gasteiger partial charge in [-0.15, -0.1) is 0 Å². The van der Waals surface area contributed by atoms with Crippen molar-refractivity contribution >= 4 is 33.2 Å². The molecule has 30 heavy (non-hydrogen) atoms. The van der Waals surface area contributed by atoms with Crippen molar-refractivity contribution in [3.63, 3.8) is 0 Å². The summed E-state index contributed by atoms with van der Waals surface area (Å²) in [6.07, 6.45) is 2.75. The smallest absolute Gasteiger partial charge is 0.227 e. The Kier molecular flexibility index (Phi) is 7.55. The Morgan fingerprint density at radius 3 is 2.23 bits per heavy atom. The van der Waals surface area contributed by atoms with Crippen LogP contribution in [0.15, 0.2) is 42.5 Å². The lowest BCUT2D eigenvalue weighted by Crippen LogP contribution is -2.42. The van der Waals surface area contributed by atoms with Crippen molar-refractivity contribution in [2.75, 3.05) is 18.4 Å². The van der Waals surface area contributed by atoms with Crippen LogP contribution < -0.4 is 5.32 Å². The molecule has 1 aliphatic rings. The summed E-state index contributed by atoms with van der Waals surface area (Å²) in [4.78, 5) is 12.9. The highest BCUT2D eigenvalue weighted by molar-refractivity contribution is 7.88. The quantitative estimate of drug-likeness (QED) is 0.670. The van der Waals surface area contributed by atoms with E-state index in [-0.39, 0.29) is 17.6 Å². The number of para-hydroxylation sites is 1. The van der Waals surface area contributed by atoms with Crippen LogP contribution in [0.3, 0.4) is 0 Å². The number of piperidine rings is 1. The number of aryl methyl sites for hydroxylation is 2. The van der Waals surface area contributed by atoms with Gasteiger partial charge in [0.15, 0.2) is 0 Å². The minimum Gasteiger partial charge on any atom is -0.325 e. The SMILES string of the molecule is CCc1cccc(CC)c1NC(=O)C1CCN(S(=O)(=O)Cc2cccc(Cl)c2)CC1. The average molecular weight is 449 g/mol. The Balaban J connectivity index is 1.62. The molecule has 0 spiro atoms. The summed E-state index contributed by atoms with van der Waals surface area (Å²) in [5.41, 5.74) is 3.85. The fourth-order valence-electron chi connectivity index (χ4n) is 3.95. The number of nitrogens with zero attached hydrogens (tertiary/aromatic N) is 1. The van der Waals surface area contributed by atoms with E-state index >= 15 is 0 Å². The molecule has 0 bridgehead atoms. The molecule has 0 aliphatic carbocycles. The first kappa shape index (κ1) is 22.8. The molecule has 2 aromatic rings. The molecular weight excluding hydrogens is 420 g/mol. The first-order valence-corrected chi connectivity index (χ1v) is 12.5. The molecule has 1 heterocycles. The van der Waals surface area contributed by atoms with Gasteiger partial charge in [-0.1, -0.05) is 55.8 Å². The van der Waals surface area contributed by atoms with Gasteiger partial charge in [-0.05, 0) is 54.5 Å². The number of halogens is 1. The number of hydrogen-bond donors (Lipinski definition) is 1. The van der Waals surface area contributed by atoms with Crippen molar-refractivity contribution in [2.24, 2.45) is 5.92 Å². The van der Waals surface area contributed by atoms with Crippen molar-refractivity contribution in [1.82, 2.24) is 4.31 Å². The third-order valence-electron chi connectivity index (χ3n) is 5.70. The molecule has 1 aliphatic heterocycles. The van der Waals surface area contributed by atoms with Crippen LogP contribution in [0.1, 0.15) is 43.4 Å². The molecule has 1 fully saturated rings. The summed E-state index contributed by atoms with van der Waals surface area (Å²) in [6, 6.07) is 13.0. The van der Waals surface area contributed by atoms with Crippen LogP contribution in [0.4, 0.5) is 5.69 Å². The van der Waals surface area contributed by atoms with Gasteiger partial charge in [0.1, 0.15) is 0 Å². The van der Waals surface area contributed by atoms with Crippen molar-refractivity contribution < 1.29 is 13.2 Å². The lowest BCUT2D eigenvalue weighted by atomic mass is 9.96. The first-order chi connectivity index (χ1) is 14.3. The molecule has 1 amide bonds. The van der Waals surface area contributed by atoms with Gasteiger partial charge >= 0.3 is 0 Å². The van der Waals surface area contributed by atoms with Crippen molar-refractivity contribution in [3.05, 3.63) is 64.2 Å². The van der Waals surface area contributed by atoms with Crippen LogP contribution >= 0.6 is 11.6 Å². The van der Waals surface area contributed by atoms with Gasteiger partial charge in [-0.2, -0.15) is 0 Å². The molecule has 7 heteroatoms. The summed E-state index contributed by atoms with van der Waals surface area (Å²) >= 11 is 5.97. The number of hydrogen-bond acceptors (Lipinski definition) is 3. The molecule has 0 radical (unpaired) electrons. The monoisotopic (exact) mass is 448 g/mol. The Morgan fingerprint density at radius 1 is 1.07 bits per heavy atom. The zero-order chi connectivity index (χ0) is 21.7. The van der Waals surface area contributed by atoms with Gasteiger partial charge in [0.2, 0.25) is 15.9 Å². The van der Waals surface area contributed by atoms with E-state index < -0.39 is 10.0 Å². The van der Waals surface area contributed by atoms with Crippen LogP contribution in [0.25, 0.3) is 0 Å². The number of sulfonamides is 1. The molecule has 3 rings (SSSR count). The maximum atomic E-state index is 12.9. The molecule has 0 atom stereocenters. The number of nitrogens with one attached hydrogen (secondary N) is 1. The van der Waals surface area contributed by atoms with E-state index in [1.54, 1.807) is 24.3 Å². The highest BCUT2D eigenvalue weighted by Gasteiger charge is 2.31. The second-order valence-corrected chi connectivity index (χ2v) is 10.1. The normalized spacial score (nSPS) is 15.8. The summed E-state index contributed by atoms with van der Waals surface area (Å²) < 4.78 is 27.1. The number of carbonyl (C=O) groups excluding carboxylic acids is 1. The van der Waals surface area contributed by atoms with Crippen LogP contribution in [-0.2, 0) is 33.4 Å². The highest BCUT2D eigenvalue weighted by Crippen LogP contribution is 2.27. The maximum Gasteiger partial charge on any atom is 0.227 e. The van der Waals surface area contributed by atoms with Crippen LogP contribution in [0.2, 0.25) is 5.02 Å². The fraction of sp³-hybridized carbons (Fsp3) is 0.435. The summed E-state index contributed by atoms with van der Waals surface area (Å²) in [5, 5.41) is 3.65. The zero-order valence-electron chi connectivity index (χ0n) is 17.5. The fourth-order valence-corrected chi connectivity index (χ4v) is 5.72. The average Bonchev–Trinajstić information content (AvgIpc) is 2.73. The zero-order valence-corrected chi connectivity index (χ0v) is 19.1. The topological polar surface area (TPSA) is 66.5 Å². The maximum absolute atomic E-state index is 12.9. The van der Waals surface area contributed by atoms with E-state index in [1.807, 2.05) is 18.2 Å². The van der Waals surface area contributed by atoms with Crippen molar-refractivity contribution in [2.45, 2.75) is 45.3 Å². The van der Waals surface area contributed by atoms with Crippen LogP contribution in [-0.4, -0.2) is 31.7 Å². The lowest BCUT2D eigenvalue weighted by Gasteiger charge is -2.31. The standard InChI is InChI=1S/C23H29ClN2O3S/c1-3-18-8-6-9-19(4-2)22(18)25-23(27)20-11-13-26(14-12-20)30(28,29)16-17-7-5-10-21(24)15-17/h5-10,15,20H,3-4,11-14,16H2,1-2H3,(H,25,27). The van der Waals surface area contributed by atoms with Gasteiger partial charge in [-0.3, -0.25) is 4.79 Å². The van der Waals surface area contributed by atoms with Crippen molar-refractivity contribution in [1.29, 1.82) is 0 Å². The second-order valence-electron chi connectivity index (χ2n) is 7.71. The van der Waals surface area contributed by atoms with E-state index in [0.717, 1.165) is 29.7 Å². The number of anilines is 1. The predicted octanol–water partition coefficient (Wildman–Crippen LogP) is 4.65. The minimum absolute atomic E-state index is 0.0162. The second kappa shape index (κ2) is 9.94. The summed E-state index contributed by atoms with van der Waals surface area (Å²) in [6.45, 7) is 4.87. The number of carbonyl (C=O) groups is 1. The molecule has 0 unspecified atom stereocenters. The number of amides is 1. The third kappa shape index (κ3) is 5.42. The summed E-state index contributed by atoms with van der Waals surface area (Å²) in [7, 11) is -3.44. The predicted molar refractivity (Wildman–Crippen MR) is 122 cm³/mol.